The number of hydrogen-bond donors (Lipinski definition) is 2. The van der Waals surface area contributed by atoms with E-state index in [-0.39, 0.29) is 12.7 Å². The Kier molecular flexibility index (Phi) is 4.35. The molecule has 0 aromatic carbocycles. The van der Waals surface area contributed by atoms with Crippen LogP contribution in [0.5, 0.6) is 0 Å². The highest BCUT2D eigenvalue weighted by atomic mass is 16.6. The van der Waals surface area contributed by atoms with Gasteiger partial charge in [-0.05, 0) is 41.5 Å². The first kappa shape index (κ1) is 16.4. The number of aliphatic hydroxyl groups excluding tert-OH is 1. The Hall–Kier alpha value is -0.650. The van der Waals surface area contributed by atoms with Crippen LogP contribution < -0.4 is 0 Å². The van der Waals surface area contributed by atoms with Gasteiger partial charge >= 0.3 is 5.97 Å². The van der Waals surface area contributed by atoms with Gasteiger partial charge in [0.25, 0.3) is 0 Å². The van der Waals surface area contributed by atoms with Gasteiger partial charge in [-0.2, -0.15) is 5.06 Å². The predicted octanol–water partition coefficient (Wildman–Crippen LogP) is 1.96. The predicted molar refractivity (Wildman–Crippen MR) is 71.8 cm³/mol. The first-order chi connectivity index (χ1) is 8.42. The minimum Gasteiger partial charge on any atom is -0.462 e. The van der Waals surface area contributed by atoms with Crippen LogP contribution in [0.25, 0.3) is 0 Å². The van der Waals surface area contributed by atoms with Crippen LogP contribution in [0.3, 0.4) is 0 Å². The number of aliphatic hydroxyl groups is 1. The van der Waals surface area contributed by atoms with Gasteiger partial charge in [0.15, 0.2) is 0 Å². The van der Waals surface area contributed by atoms with E-state index in [1.165, 1.54) is 5.06 Å². The number of ether oxygens (including phenoxy) is 1. The normalized spacial score (nSPS) is 24.2. The third kappa shape index (κ3) is 3.46. The molecule has 1 saturated heterocycles. The van der Waals surface area contributed by atoms with E-state index < -0.39 is 22.5 Å². The summed E-state index contributed by atoms with van der Waals surface area (Å²) in [5.74, 6) is -0.391. The Morgan fingerprint density at radius 3 is 2.05 bits per heavy atom. The number of piperidine rings is 1. The molecule has 1 aliphatic heterocycles. The highest BCUT2D eigenvalue weighted by Gasteiger charge is 2.47. The van der Waals surface area contributed by atoms with Crippen molar-refractivity contribution in [2.24, 2.45) is 5.41 Å². The Morgan fingerprint density at radius 1 is 1.26 bits per heavy atom. The van der Waals surface area contributed by atoms with Crippen LogP contribution in [-0.4, -0.2) is 45.1 Å². The van der Waals surface area contributed by atoms with Crippen molar-refractivity contribution in [3.05, 3.63) is 0 Å². The molecule has 19 heavy (non-hydrogen) atoms. The van der Waals surface area contributed by atoms with E-state index in [0.29, 0.717) is 12.8 Å². The number of hydrogen-bond acceptors (Lipinski definition) is 5. The molecule has 0 aromatic rings. The van der Waals surface area contributed by atoms with E-state index in [0.717, 1.165) is 0 Å². The molecule has 0 unspecified atom stereocenters. The van der Waals surface area contributed by atoms with Crippen LogP contribution in [0.15, 0.2) is 0 Å². The molecule has 112 valence electrons. The van der Waals surface area contributed by atoms with Crippen molar-refractivity contribution in [3.63, 3.8) is 0 Å². The fraction of sp³-hybridized carbons (Fsp3) is 0.929. The second-order valence-electron chi connectivity index (χ2n) is 7.41. The molecule has 0 amide bonds. The second-order valence-corrected chi connectivity index (χ2v) is 7.41. The molecule has 5 nitrogen and oxygen atoms in total. The van der Waals surface area contributed by atoms with Gasteiger partial charge in [0.1, 0.15) is 6.10 Å². The van der Waals surface area contributed by atoms with E-state index in [4.69, 9.17) is 4.74 Å². The average molecular weight is 273 g/mol. The van der Waals surface area contributed by atoms with Crippen LogP contribution in [-0.2, 0) is 9.53 Å². The van der Waals surface area contributed by atoms with Crippen molar-refractivity contribution in [1.29, 1.82) is 0 Å². The average Bonchev–Trinajstić information content (AvgIpc) is 2.24. The van der Waals surface area contributed by atoms with Crippen LogP contribution in [0.1, 0.15) is 54.4 Å². The molecule has 1 aliphatic rings. The third-order valence-electron chi connectivity index (χ3n) is 3.82. The van der Waals surface area contributed by atoms with Crippen LogP contribution in [0, 0.1) is 5.41 Å². The Balaban J connectivity index is 2.79. The minimum atomic E-state index is -0.884. The van der Waals surface area contributed by atoms with Gasteiger partial charge < -0.3 is 15.1 Å². The molecular formula is C14H27NO4. The summed E-state index contributed by atoms with van der Waals surface area (Å²) in [7, 11) is 0. The van der Waals surface area contributed by atoms with Gasteiger partial charge in [-0.15, -0.1) is 0 Å². The monoisotopic (exact) mass is 273 g/mol. The summed E-state index contributed by atoms with van der Waals surface area (Å²) in [5.41, 5.74) is -1.78. The molecule has 0 aliphatic carbocycles. The fourth-order valence-electron chi connectivity index (χ4n) is 2.64. The number of carbonyl (C=O) groups is 1. The molecule has 1 fully saturated rings. The van der Waals surface area contributed by atoms with E-state index in [9.17, 15) is 15.1 Å². The van der Waals surface area contributed by atoms with E-state index >= 15 is 0 Å². The number of nitrogens with zero attached hydrogens (tertiary/aromatic N) is 1. The number of hydroxylamine groups is 2. The number of carbonyl (C=O) groups excluding carboxylic acids is 1. The first-order valence-electron chi connectivity index (χ1n) is 6.73. The maximum atomic E-state index is 12.0. The third-order valence-corrected chi connectivity index (χ3v) is 3.82. The number of esters is 1. The van der Waals surface area contributed by atoms with Gasteiger partial charge in [0.2, 0.25) is 0 Å². The smallest absolute Gasteiger partial charge is 0.314 e. The van der Waals surface area contributed by atoms with Crippen molar-refractivity contribution in [1.82, 2.24) is 5.06 Å². The van der Waals surface area contributed by atoms with Crippen LogP contribution >= 0.6 is 0 Å². The zero-order valence-electron chi connectivity index (χ0n) is 12.9. The minimum absolute atomic E-state index is 0.239. The maximum absolute atomic E-state index is 12.0. The van der Waals surface area contributed by atoms with Gasteiger partial charge in [-0.3, -0.25) is 4.79 Å². The molecule has 0 atom stereocenters. The van der Waals surface area contributed by atoms with Crippen molar-refractivity contribution in [3.8, 4) is 0 Å². The fourth-order valence-corrected chi connectivity index (χ4v) is 2.64. The van der Waals surface area contributed by atoms with Gasteiger partial charge in [-0.1, -0.05) is 0 Å². The van der Waals surface area contributed by atoms with Gasteiger partial charge in [-0.25, -0.2) is 0 Å². The summed E-state index contributed by atoms with van der Waals surface area (Å²) in [6, 6.07) is 0. The molecule has 0 bridgehead atoms. The summed E-state index contributed by atoms with van der Waals surface area (Å²) in [4.78, 5) is 12.0. The quantitative estimate of drug-likeness (QED) is 0.769. The summed E-state index contributed by atoms with van der Waals surface area (Å²) in [6.45, 7) is 10.8. The molecule has 0 saturated carbocycles. The van der Waals surface area contributed by atoms with Crippen LogP contribution in [0.4, 0.5) is 0 Å². The summed E-state index contributed by atoms with van der Waals surface area (Å²) >= 11 is 0. The standard InChI is InChI=1S/C14H27NO4/c1-12(2,9-16)11(17)19-10-7-13(3,4)15(18)14(5,6)8-10/h10,16,18H,7-9H2,1-6H3. The van der Waals surface area contributed by atoms with Crippen molar-refractivity contribution < 1.29 is 19.8 Å². The Labute approximate surface area is 115 Å². The molecular weight excluding hydrogens is 246 g/mol. The Morgan fingerprint density at radius 2 is 1.68 bits per heavy atom. The Bertz CT molecular complexity index is 331. The van der Waals surface area contributed by atoms with Crippen molar-refractivity contribution in [2.45, 2.75) is 71.6 Å². The molecule has 0 radical (unpaired) electrons. The lowest BCUT2D eigenvalue weighted by Crippen LogP contribution is -2.61. The topological polar surface area (TPSA) is 70.0 Å². The lowest BCUT2D eigenvalue weighted by atomic mass is 9.80. The molecule has 1 heterocycles. The highest BCUT2D eigenvalue weighted by molar-refractivity contribution is 5.76. The SMILES string of the molecule is CC(C)(CO)C(=O)OC1CC(C)(C)N(O)C(C)(C)C1. The first-order valence-corrected chi connectivity index (χ1v) is 6.73. The van der Waals surface area contributed by atoms with E-state index in [1.807, 2.05) is 27.7 Å². The lowest BCUT2D eigenvalue weighted by molar-refractivity contribution is -0.260. The second kappa shape index (κ2) is 5.04. The molecule has 1 rings (SSSR count). The summed E-state index contributed by atoms with van der Waals surface area (Å²) in [6.07, 6.45) is 0.895. The zero-order chi connectivity index (χ0) is 15.1. The van der Waals surface area contributed by atoms with E-state index in [1.54, 1.807) is 13.8 Å². The molecule has 0 aromatic heterocycles. The number of rotatable bonds is 3. The van der Waals surface area contributed by atoms with Gasteiger partial charge in [0.05, 0.1) is 12.0 Å². The summed E-state index contributed by atoms with van der Waals surface area (Å²) in [5, 5.41) is 20.7. The van der Waals surface area contributed by atoms with Crippen LogP contribution in [0.2, 0.25) is 0 Å². The van der Waals surface area contributed by atoms with E-state index in [2.05, 4.69) is 0 Å². The summed E-state index contributed by atoms with van der Waals surface area (Å²) < 4.78 is 5.53. The highest BCUT2D eigenvalue weighted by Crippen LogP contribution is 2.38. The molecule has 5 heteroatoms. The maximum Gasteiger partial charge on any atom is 0.314 e. The molecule has 2 N–H and O–H groups in total. The van der Waals surface area contributed by atoms with Gasteiger partial charge in [0, 0.05) is 23.9 Å². The van der Waals surface area contributed by atoms with Crippen molar-refractivity contribution in [2.75, 3.05) is 6.61 Å². The largest absolute Gasteiger partial charge is 0.462 e. The zero-order valence-corrected chi connectivity index (χ0v) is 12.9. The molecule has 0 spiro atoms. The lowest BCUT2D eigenvalue weighted by Gasteiger charge is -2.51. The van der Waals surface area contributed by atoms with Crippen molar-refractivity contribution >= 4 is 5.97 Å².